The molecular formula is C20H25N8+. The van der Waals surface area contributed by atoms with Crippen molar-refractivity contribution in [2.24, 2.45) is 0 Å². The number of hydrogen-bond acceptors (Lipinski definition) is 7. The van der Waals surface area contributed by atoms with Gasteiger partial charge >= 0.3 is 0 Å². The van der Waals surface area contributed by atoms with E-state index in [-0.39, 0.29) is 0 Å². The van der Waals surface area contributed by atoms with Crippen LogP contribution in [0.1, 0.15) is 0 Å². The first-order chi connectivity index (χ1) is 13.8. The van der Waals surface area contributed by atoms with Gasteiger partial charge in [-0.1, -0.05) is 30.3 Å². The lowest BCUT2D eigenvalue weighted by Gasteiger charge is -2.35. The molecule has 8 nitrogen and oxygen atoms in total. The summed E-state index contributed by atoms with van der Waals surface area (Å²) in [7, 11) is 0. The Balaban J connectivity index is 1.52. The number of anilines is 3. The van der Waals surface area contributed by atoms with Gasteiger partial charge < -0.3 is 20.9 Å². The third kappa shape index (κ3) is 4.01. The van der Waals surface area contributed by atoms with Gasteiger partial charge in [-0.3, -0.25) is 0 Å². The van der Waals surface area contributed by atoms with Crippen LogP contribution in [0, 0.1) is 0 Å². The van der Waals surface area contributed by atoms with E-state index in [1.54, 1.807) is 12.4 Å². The number of quaternary nitrogens is 1. The molecule has 0 aliphatic carbocycles. The molecule has 28 heavy (non-hydrogen) atoms. The summed E-state index contributed by atoms with van der Waals surface area (Å²) in [6.07, 6.45) is 3.56. The minimum atomic E-state index is 0.783. The summed E-state index contributed by atoms with van der Waals surface area (Å²) >= 11 is 0. The van der Waals surface area contributed by atoms with E-state index in [2.05, 4.69) is 59.2 Å². The zero-order chi connectivity index (χ0) is 19.2. The number of rotatable bonds is 6. The number of nitrogens with zero attached hydrogens (tertiary/aromatic N) is 6. The van der Waals surface area contributed by atoms with Crippen LogP contribution in [0.5, 0.6) is 0 Å². The third-order valence-corrected chi connectivity index (χ3v) is 4.76. The fraction of sp³-hybridized carbons (Fsp3) is 0.300. The fourth-order valence-corrected chi connectivity index (χ4v) is 3.29. The van der Waals surface area contributed by atoms with Crippen LogP contribution in [0.4, 0.5) is 17.5 Å². The Morgan fingerprint density at radius 3 is 2.32 bits per heavy atom. The van der Waals surface area contributed by atoms with Crippen molar-refractivity contribution in [1.29, 1.82) is 0 Å². The van der Waals surface area contributed by atoms with Gasteiger partial charge in [0.25, 0.3) is 0 Å². The highest BCUT2D eigenvalue weighted by molar-refractivity contribution is 5.75. The summed E-state index contributed by atoms with van der Waals surface area (Å²) in [6, 6.07) is 14.1. The first-order valence-corrected chi connectivity index (χ1v) is 9.58. The first-order valence-electron chi connectivity index (χ1n) is 9.58. The SMILES string of the molecule is [NH3+]CCNc1cc(N2CCN(c3ncccn3)CC2)nnc1-c1ccccc1. The topological polar surface area (TPSA) is 97.7 Å². The molecule has 0 atom stereocenters. The van der Waals surface area contributed by atoms with Gasteiger partial charge in [0.05, 0.1) is 18.8 Å². The Bertz CT molecular complexity index is 879. The molecular weight excluding hydrogens is 352 g/mol. The average molecular weight is 377 g/mol. The molecule has 4 N–H and O–H groups in total. The predicted molar refractivity (Wildman–Crippen MR) is 110 cm³/mol. The summed E-state index contributed by atoms with van der Waals surface area (Å²) in [5.41, 5.74) is 6.84. The molecule has 0 bridgehead atoms. The molecule has 0 spiro atoms. The normalized spacial score (nSPS) is 14.2. The van der Waals surface area contributed by atoms with E-state index in [1.165, 1.54) is 0 Å². The summed E-state index contributed by atoms with van der Waals surface area (Å²) in [4.78, 5) is 13.2. The third-order valence-electron chi connectivity index (χ3n) is 4.76. The van der Waals surface area contributed by atoms with Crippen LogP contribution < -0.4 is 20.9 Å². The van der Waals surface area contributed by atoms with Crippen LogP contribution in [0.15, 0.2) is 54.9 Å². The molecule has 144 valence electrons. The van der Waals surface area contributed by atoms with Gasteiger partial charge in [-0.2, -0.15) is 0 Å². The van der Waals surface area contributed by atoms with Crippen molar-refractivity contribution < 1.29 is 5.73 Å². The zero-order valence-corrected chi connectivity index (χ0v) is 15.8. The zero-order valence-electron chi connectivity index (χ0n) is 15.8. The lowest BCUT2D eigenvalue weighted by molar-refractivity contribution is -0.362. The summed E-state index contributed by atoms with van der Waals surface area (Å²) in [5.74, 6) is 1.67. The van der Waals surface area contributed by atoms with E-state index in [0.717, 1.165) is 68.0 Å². The predicted octanol–water partition coefficient (Wildman–Crippen LogP) is 0.914. The lowest BCUT2D eigenvalue weighted by Crippen LogP contribution is -2.53. The number of nitrogens with one attached hydrogen (secondary N) is 1. The van der Waals surface area contributed by atoms with Gasteiger partial charge in [-0.25, -0.2) is 9.97 Å². The number of benzene rings is 1. The summed E-state index contributed by atoms with van der Waals surface area (Å²) in [5, 5.41) is 12.5. The maximum atomic E-state index is 4.54. The monoisotopic (exact) mass is 377 g/mol. The van der Waals surface area contributed by atoms with E-state index in [0.29, 0.717) is 0 Å². The van der Waals surface area contributed by atoms with Crippen molar-refractivity contribution >= 4 is 17.5 Å². The molecule has 4 rings (SSSR count). The minimum Gasteiger partial charge on any atom is -0.377 e. The van der Waals surface area contributed by atoms with Gasteiger partial charge in [0.15, 0.2) is 5.82 Å². The van der Waals surface area contributed by atoms with Gasteiger partial charge in [0.1, 0.15) is 5.69 Å². The molecule has 2 aromatic heterocycles. The van der Waals surface area contributed by atoms with E-state index in [1.807, 2.05) is 24.3 Å². The van der Waals surface area contributed by atoms with Gasteiger partial charge in [-0.15, -0.1) is 10.2 Å². The second kappa shape index (κ2) is 8.62. The maximum absolute atomic E-state index is 4.54. The van der Waals surface area contributed by atoms with Crippen LogP contribution in [0.2, 0.25) is 0 Å². The fourth-order valence-electron chi connectivity index (χ4n) is 3.29. The molecule has 0 unspecified atom stereocenters. The Kier molecular flexibility index (Phi) is 5.58. The van der Waals surface area contributed by atoms with Gasteiger partial charge in [-0.05, 0) is 6.07 Å². The molecule has 1 aliphatic heterocycles. The lowest BCUT2D eigenvalue weighted by atomic mass is 10.1. The summed E-state index contributed by atoms with van der Waals surface area (Å²) < 4.78 is 0. The Labute approximate surface area is 164 Å². The highest BCUT2D eigenvalue weighted by atomic mass is 15.3. The van der Waals surface area contributed by atoms with Crippen LogP contribution >= 0.6 is 0 Å². The summed E-state index contributed by atoms with van der Waals surface area (Å²) in [6.45, 7) is 5.02. The Morgan fingerprint density at radius 1 is 0.893 bits per heavy atom. The second-order valence-electron chi connectivity index (χ2n) is 6.63. The Morgan fingerprint density at radius 2 is 1.61 bits per heavy atom. The van der Waals surface area contributed by atoms with E-state index >= 15 is 0 Å². The number of hydrogen-bond donors (Lipinski definition) is 2. The first kappa shape index (κ1) is 18.1. The maximum Gasteiger partial charge on any atom is 0.225 e. The average Bonchev–Trinajstić information content (AvgIpc) is 2.79. The van der Waals surface area contributed by atoms with Crippen LogP contribution in [-0.4, -0.2) is 59.4 Å². The van der Waals surface area contributed by atoms with Crippen LogP contribution in [0.25, 0.3) is 11.3 Å². The van der Waals surface area contributed by atoms with Crippen molar-refractivity contribution in [2.45, 2.75) is 0 Å². The molecule has 1 aromatic carbocycles. The molecule has 0 amide bonds. The highest BCUT2D eigenvalue weighted by Gasteiger charge is 2.21. The van der Waals surface area contributed by atoms with Crippen molar-refractivity contribution in [2.75, 3.05) is 54.4 Å². The second-order valence-corrected chi connectivity index (χ2v) is 6.63. The molecule has 0 saturated carbocycles. The van der Waals surface area contributed by atoms with Gasteiger partial charge in [0, 0.05) is 50.2 Å². The van der Waals surface area contributed by atoms with Crippen LogP contribution in [0.3, 0.4) is 0 Å². The van der Waals surface area contributed by atoms with Crippen molar-refractivity contribution in [1.82, 2.24) is 20.2 Å². The quantitative estimate of drug-likeness (QED) is 0.659. The van der Waals surface area contributed by atoms with Crippen molar-refractivity contribution in [3.8, 4) is 11.3 Å². The molecule has 3 aromatic rings. The van der Waals surface area contributed by atoms with Crippen molar-refractivity contribution in [3.05, 3.63) is 54.9 Å². The van der Waals surface area contributed by atoms with E-state index < -0.39 is 0 Å². The smallest absolute Gasteiger partial charge is 0.225 e. The van der Waals surface area contributed by atoms with Gasteiger partial charge in [0.2, 0.25) is 5.95 Å². The molecule has 0 radical (unpaired) electrons. The minimum absolute atomic E-state index is 0.783. The van der Waals surface area contributed by atoms with E-state index in [4.69, 9.17) is 0 Å². The largest absolute Gasteiger partial charge is 0.377 e. The number of aromatic nitrogens is 4. The van der Waals surface area contributed by atoms with E-state index in [9.17, 15) is 0 Å². The molecule has 1 aliphatic rings. The molecule has 1 saturated heterocycles. The Hall–Kier alpha value is -3.26. The van der Waals surface area contributed by atoms with Crippen LogP contribution in [-0.2, 0) is 0 Å². The molecule has 1 fully saturated rings. The molecule has 8 heteroatoms. The van der Waals surface area contributed by atoms with Crippen molar-refractivity contribution in [3.63, 3.8) is 0 Å². The molecule has 3 heterocycles. The number of piperazine rings is 1. The highest BCUT2D eigenvalue weighted by Crippen LogP contribution is 2.28. The standard InChI is InChI=1S/C20H24N8/c21-7-10-22-17-15-18(25-26-19(17)16-5-2-1-3-6-16)27-11-13-28(14-12-27)20-23-8-4-9-24-20/h1-6,8-9,15H,7,10-14,21H2,(H,22,25)/p+1.